The van der Waals surface area contributed by atoms with Crippen LogP contribution in [0.25, 0.3) is 0 Å². The fourth-order valence-corrected chi connectivity index (χ4v) is 4.06. The van der Waals surface area contributed by atoms with E-state index in [1.54, 1.807) is 42.6 Å². The molecule has 28 heavy (non-hydrogen) atoms. The minimum absolute atomic E-state index is 0.00252. The Balaban J connectivity index is 1.71. The summed E-state index contributed by atoms with van der Waals surface area (Å²) in [6.07, 6.45) is 4.90. The van der Waals surface area contributed by atoms with Crippen molar-refractivity contribution in [3.05, 3.63) is 53.7 Å². The molecule has 3 rings (SSSR count). The van der Waals surface area contributed by atoms with Gasteiger partial charge in [0.15, 0.2) is 0 Å². The monoisotopic (exact) mass is 402 g/mol. The van der Waals surface area contributed by atoms with Gasteiger partial charge >= 0.3 is 0 Å². The van der Waals surface area contributed by atoms with Crippen LogP contribution in [0, 0.1) is 0 Å². The van der Waals surface area contributed by atoms with E-state index in [1.807, 2.05) is 4.90 Å². The van der Waals surface area contributed by atoms with Crippen LogP contribution in [0.3, 0.4) is 0 Å². The molecule has 0 spiro atoms. The number of nitrogens with one attached hydrogen (secondary N) is 1. The lowest BCUT2D eigenvalue weighted by atomic mass is 10.1. The summed E-state index contributed by atoms with van der Waals surface area (Å²) in [5.74, 6) is 0.547. The van der Waals surface area contributed by atoms with Crippen molar-refractivity contribution in [2.24, 2.45) is 0 Å². The number of benzene rings is 1. The second-order valence-corrected chi connectivity index (χ2v) is 9.19. The van der Waals surface area contributed by atoms with E-state index in [2.05, 4.69) is 10.3 Å². The first-order valence-electron chi connectivity index (χ1n) is 9.39. The van der Waals surface area contributed by atoms with Gasteiger partial charge in [0.2, 0.25) is 10.0 Å². The fourth-order valence-electron chi connectivity index (χ4n) is 3.16. The number of likely N-dealkylation sites (tertiary alicyclic amines) is 1. The third kappa shape index (κ3) is 4.51. The maximum atomic E-state index is 12.8. The highest BCUT2D eigenvalue weighted by atomic mass is 32.2. The normalized spacial score (nSPS) is 14.9. The van der Waals surface area contributed by atoms with Crippen molar-refractivity contribution in [3.63, 3.8) is 0 Å². The van der Waals surface area contributed by atoms with E-state index in [1.165, 1.54) is 24.8 Å². The third-order valence-electron chi connectivity index (χ3n) is 4.84. The van der Waals surface area contributed by atoms with Crippen molar-refractivity contribution < 1.29 is 13.2 Å². The molecule has 1 amide bonds. The first-order chi connectivity index (χ1) is 13.4. The van der Waals surface area contributed by atoms with Crippen LogP contribution < -0.4 is 5.32 Å². The Kier molecular flexibility index (Phi) is 6.31. The molecule has 0 bridgehead atoms. The van der Waals surface area contributed by atoms with Crippen molar-refractivity contribution in [2.75, 3.05) is 32.5 Å². The average molecular weight is 403 g/mol. The number of hydrogen-bond donors (Lipinski definition) is 1. The summed E-state index contributed by atoms with van der Waals surface area (Å²) in [6.45, 7) is 2.02. The first-order valence-corrected chi connectivity index (χ1v) is 10.8. The largest absolute Gasteiger partial charge is 0.365 e. The van der Waals surface area contributed by atoms with Crippen molar-refractivity contribution in [1.82, 2.24) is 14.2 Å². The molecular formula is C20H26N4O3S. The zero-order valence-corrected chi connectivity index (χ0v) is 17.1. The van der Waals surface area contributed by atoms with Crippen LogP contribution >= 0.6 is 0 Å². The number of pyridine rings is 1. The zero-order valence-electron chi connectivity index (χ0n) is 16.3. The van der Waals surface area contributed by atoms with E-state index in [0.29, 0.717) is 17.9 Å². The third-order valence-corrected chi connectivity index (χ3v) is 6.67. The van der Waals surface area contributed by atoms with Gasteiger partial charge in [-0.3, -0.25) is 4.79 Å². The molecule has 1 fully saturated rings. The number of aromatic nitrogens is 1. The van der Waals surface area contributed by atoms with Crippen molar-refractivity contribution in [3.8, 4) is 0 Å². The Morgan fingerprint density at radius 3 is 2.43 bits per heavy atom. The van der Waals surface area contributed by atoms with Crippen LogP contribution in [0.2, 0.25) is 0 Å². The molecule has 2 heterocycles. The Labute approximate surface area is 166 Å². The Bertz CT molecular complexity index is 921. The summed E-state index contributed by atoms with van der Waals surface area (Å²) in [5.41, 5.74) is 1.47. The van der Waals surface area contributed by atoms with E-state index in [-0.39, 0.29) is 10.8 Å². The molecule has 0 aliphatic carbocycles. The summed E-state index contributed by atoms with van der Waals surface area (Å²) in [4.78, 5) is 19.3. The highest BCUT2D eigenvalue weighted by Crippen LogP contribution is 2.19. The molecule has 0 saturated carbocycles. The minimum Gasteiger partial charge on any atom is -0.365 e. The molecular weight excluding hydrogens is 376 g/mol. The van der Waals surface area contributed by atoms with Gasteiger partial charge in [0.1, 0.15) is 5.82 Å². The molecule has 0 radical (unpaired) electrons. The summed E-state index contributed by atoms with van der Waals surface area (Å²) >= 11 is 0. The van der Waals surface area contributed by atoms with E-state index in [4.69, 9.17) is 0 Å². The molecule has 1 aliphatic heterocycles. The molecule has 7 nitrogen and oxygen atoms in total. The van der Waals surface area contributed by atoms with Crippen LogP contribution in [-0.4, -0.2) is 55.7 Å². The van der Waals surface area contributed by atoms with Gasteiger partial charge in [-0.05, 0) is 49.1 Å². The van der Waals surface area contributed by atoms with Gasteiger partial charge < -0.3 is 10.2 Å². The predicted molar refractivity (Wildman–Crippen MR) is 109 cm³/mol. The molecule has 1 aliphatic rings. The highest BCUT2D eigenvalue weighted by molar-refractivity contribution is 7.89. The summed E-state index contributed by atoms with van der Waals surface area (Å²) < 4.78 is 25.5. The molecule has 150 valence electrons. The Hall–Kier alpha value is -2.45. The SMILES string of the molecule is CN(C)S(=O)(=O)c1ccc(CNc2ncccc2C(=O)N2CCCCC2)cc1. The number of anilines is 1. The maximum absolute atomic E-state index is 12.8. The summed E-state index contributed by atoms with van der Waals surface area (Å²) in [7, 11) is -0.427. The minimum atomic E-state index is -3.44. The lowest BCUT2D eigenvalue weighted by Gasteiger charge is -2.27. The number of piperidine rings is 1. The standard InChI is InChI=1S/C20H26N4O3S/c1-23(2)28(26,27)17-10-8-16(9-11-17)15-22-19-18(7-6-12-21-19)20(25)24-13-4-3-5-14-24/h6-12H,3-5,13-15H2,1-2H3,(H,21,22). The van der Waals surface area contributed by atoms with Crippen molar-refractivity contribution in [2.45, 2.75) is 30.7 Å². The Morgan fingerprint density at radius 1 is 1.11 bits per heavy atom. The summed E-state index contributed by atoms with van der Waals surface area (Å²) in [5, 5.41) is 3.21. The van der Waals surface area contributed by atoms with Crippen LogP contribution in [0.4, 0.5) is 5.82 Å². The van der Waals surface area contributed by atoms with E-state index in [9.17, 15) is 13.2 Å². The van der Waals surface area contributed by atoms with Crippen LogP contribution in [-0.2, 0) is 16.6 Å². The van der Waals surface area contributed by atoms with E-state index < -0.39 is 10.0 Å². The van der Waals surface area contributed by atoms with Gasteiger partial charge in [0.05, 0.1) is 10.5 Å². The molecule has 1 aromatic carbocycles. The second-order valence-electron chi connectivity index (χ2n) is 7.04. The number of carbonyl (C=O) groups excluding carboxylic acids is 1. The van der Waals surface area contributed by atoms with E-state index >= 15 is 0 Å². The topological polar surface area (TPSA) is 82.6 Å². The average Bonchev–Trinajstić information content (AvgIpc) is 2.73. The van der Waals surface area contributed by atoms with E-state index in [0.717, 1.165) is 31.5 Å². The second kappa shape index (κ2) is 8.70. The van der Waals surface area contributed by atoms with Crippen LogP contribution in [0.5, 0.6) is 0 Å². The van der Waals surface area contributed by atoms with Crippen molar-refractivity contribution in [1.29, 1.82) is 0 Å². The fraction of sp³-hybridized carbons (Fsp3) is 0.400. The molecule has 1 aromatic heterocycles. The molecule has 0 atom stereocenters. The van der Waals surface area contributed by atoms with Crippen LogP contribution in [0.15, 0.2) is 47.5 Å². The lowest BCUT2D eigenvalue weighted by Crippen LogP contribution is -2.36. The van der Waals surface area contributed by atoms with Gasteiger partial charge in [-0.1, -0.05) is 12.1 Å². The van der Waals surface area contributed by atoms with Gasteiger partial charge in [-0.15, -0.1) is 0 Å². The van der Waals surface area contributed by atoms with Gasteiger partial charge in [-0.25, -0.2) is 17.7 Å². The first kappa shape index (κ1) is 20.3. The number of rotatable bonds is 6. The smallest absolute Gasteiger partial charge is 0.257 e. The summed E-state index contributed by atoms with van der Waals surface area (Å²) in [6, 6.07) is 10.3. The maximum Gasteiger partial charge on any atom is 0.257 e. The van der Waals surface area contributed by atoms with Gasteiger partial charge in [0.25, 0.3) is 5.91 Å². The molecule has 1 N–H and O–H groups in total. The van der Waals surface area contributed by atoms with Gasteiger partial charge in [0, 0.05) is 39.9 Å². The molecule has 0 unspecified atom stereocenters. The molecule has 8 heteroatoms. The number of hydrogen-bond acceptors (Lipinski definition) is 5. The van der Waals surface area contributed by atoms with Crippen molar-refractivity contribution >= 4 is 21.7 Å². The number of nitrogens with zero attached hydrogens (tertiary/aromatic N) is 3. The quantitative estimate of drug-likeness (QED) is 0.803. The number of sulfonamides is 1. The van der Waals surface area contributed by atoms with Gasteiger partial charge in [-0.2, -0.15) is 0 Å². The molecule has 1 saturated heterocycles. The predicted octanol–water partition coefficient (Wildman–Crippen LogP) is 2.57. The lowest BCUT2D eigenvalue weighted by molar-refractivity contribution is 0.0725. The molecule has 2 aromatic rings. The zero-order chi connectivity index (χ0) is 20.1. The number of carbonyl (C=O) groups is 1. The number of amides is 1. The Morgan fingerprint density at radius 2 is 1.79 bits per heavy atom. The van der Waals surface area contributed by atoms with Crippen LogP contribution in [0.1, 0.15) is 35.2 Å². The highest BCUT2D eigenvalue weighted by Gasteiger charge is 2.21.